The third-order valence-corrected chi connectivity index (χ3v) is 6.76. The lowest BCUT2D eigenvalue weighted by Crippen LogP contribution is -2.38. The zero-order valence-corrected chi connectivity index (χ0v) is 21.6. The van der Waals surface area contributed by atoms with Crippen molar-refractivity contribution in [1.82, 2.24) is 0 Å². The lowest BCUT2D eigenvalue weighted by atomic mass is 10.0. The highest BCUT2D eigenvalue weighted by atomic mass is 127. The van der Waals surface area contributed by atoms with Gasteiger partial charge in [-0.3, -0.25) is 0 Å². The van der Waals surface area contributed by atoms with Gasteiger partial charge in [-0.25, -0.2) is 0 Å². The van der Waals surface area contributed by atoms with Gasteiger partial charge in [0.2, 0.25) is 0 Å². The fourth-order valence-corrected chi connectivity index (χ4v) is 4.93. The molecule has 3 nitrogen and oxygen atoms in total. The van der Waals surface area contributed by atoms with Crippen LogP contribution in [0.4, 0.5) is 0 Å². The summed E-state index contributed by atoms with van der Waals surface area (Å²) in [6.07, 6.45) is 14.8. The summed E-state index contributed by atoms with van der Waals surface area (Å²) in [4.78, 5) is 0. The van der Waals surface area contributed by atoms with Crippen LogP contribution in [0.15, 0.2) is 30.3 Å². The van der Waals surface area contributed by atoms with E-state index in [4.69, 9.17) is 14.2 Å². The number of halogens is 1. The minimum Gasteiger partial charge on any atom is -0.371 e. The van der Waals surface area contributed by atoms with Crippen molar-refractivity contribution in [2.75, 3.05) is 4.43 Å². The average Bonchev–Trinajstić information content (AvgIpc) is 3.06. The molecule has 0 aliphatic carbocycles. The highest BCUT2D eigenvalue weighted by molar-refractivity contribution is 14.1. The largest absolute Gasteiger partial charge is 0.371 e. The molecule has 0 aromatic heterocycles. The number of rotatable bonds is 16. The number of unbranched alkanes of at least 4 members (excludes halogenated alkanes) is 9. The number of benzene rings is 1. The first-order chi connectivity index (χ1) is 14.6. The molecule has 0 N–H and O–H groups in total. The summed E-state index contributed by atoms with van der Waals surface area (Å²) >= 11 is 2.41. The van der Waals surface area contributed by atoms with Gasteiger partial charge in [-0.15, -0.1) is 0 Å². The van der Waals surface area contributed by atoms with Crippen LogP contribution in [-0.2, 0) is 20.8 Å². The van der Waals surface area contributed by atoms with Crippen molar-refractivity contribution >= 4 is 22.6 Å². The standard InChI is InChI=1S/C26H43IO3/c1-4-5-6-7-8-9-10-11-12-16-19-23(28-21-22-17-14-13-15-18-22)25-24(20-27)29-26(2,3)30-25/h13-15,17-18,23-25H,4-12,16,19-21H2,1-3H3/t23-,24+,25+/m1/s1. The van der Waals surface area contributed by atoms with Gasteiger partial charge in [0, 0.05) is 4.43 Å². The van der Waals surface area contributed by atoms with E-state index in [-0.39, 0.29) is 18.3 Å². The highest BCUT2D eigenvalue weighted by Gasteiger charge is 2.44. The van der Waals surface area contributed by atoms with Crippen molar-refractivity contribution in [3.8, 4) is 0 Å². The molecule has 3 atom stereocenters. The van der Waals surface area contributed by atoms with E-state index in [0.29, 0.717) is 6.61 Å². The number of ether oxygens (including phenoxy) is 3. The van der Waals surface area contributed by atoms with Crippen LogP contribution >= 0.6 is 22.6 Å². The summed E-state index contributed by atoms with van der Waals surface area (Å²) in [6.45, 7) is 6.95. The lowest BCUT2D eigenvalue weighted by molar-refractivity contribution is -0.160. The Bertz CT molecular complexity index is 548. The molecule has 1 fully saturated rings. The Hall–Kier alpha value is -0.170. The van der Waals surface area contributed by atoms with Crippen molar-refractivity contribution < 1.29 is 14.2 Å². The van der Waals surface area contributed by atoms with Gasteiger partial charge in [0.05, 0.1) is 18.8 Å². The minimum atomic E-state index is -0.521. The molecule has 1 aliphatic rings. The second-order valence-electron chi connectivity index (χ2n) is 9.10. The summed E-state index contributed by atoms with van der Waals surface area (Å²) in [7, 11) is 0. The van der Waals surface area contributed by atoms with Crippen molar-refractivity contribution in [3.05, 3.63) is 35.9 Å². The molecule has 0 bridgehead atoms. The molecule has 0 unspecified atom stereocenters. The zero-order valence-electron chi connectivity index (χ0n) is 19.4. The average molecular weight is 531 g/mol. The minimum absolute atomic E-state index is 0.0131. The van der Waals surface area contributed by atoms with Crippen LogP contribution in [0.25, 0.3) is 0 Å². The maximum atomic E-state index is 6.41. The maximum absolute atomic E-state index is 6.41. The molecule has 4 heteroatoms. The Morgan fingerprint density at radius 1 is 0.900 bits per heavy atom. The first kappa shape index (κ1) is 26.1. The van der Waals surface area contributed by atoms with Crippen molar-refractivity contribution in [2.24, 2.45) is 0 Å². The summed E-state index contributed by atoms with van der Waals surface area (Å²) in [6, 6.07) is 10.4. The van der Waals surface area contributed by atoms with Crippen LogP contribution in [0.3, 0.4) is 0 Å². The molecule has 0 radical (unpaired) electrons. The van der Waals surface area contributed by atoms with Gasteiger partial charge in [-0.05, 0) is 25.8 Å². The molecule has 1 aromatic rings. The van der Waals surface area contributed by atoms with E-state index in [1.54, 1.807) is 0 Å². The van der Waals surface area contributed by atoms with E-state index in [1.807, 2.05) is 19.9 Å². The van der Waals surface area contributed by atoms with Crippen LogP contribution in [0, 0.1) is 0 Å². The highest BCUT2D eigenvalue weighted by Crippen LogP contribution is 2.34. The van der Waals surface area contributed by atoms with Crippen molar-refractivity contribution in [1.29, 1.82) is 0 Å². The second-order valence-corrected chi connectivity index (χ2v) is 9.98. The molecule has 1 aliphatic heterocycles. The van der Waals surface area contributed by atoms with Gasteiger partial charge >= 0.3 is 0 Å². The van der Waals surface area contributed by atoms with E-state index in [2.05, 4.69) is 53.8 Å². The Kier molecular flexibility index (Phi) is 12.9. The summed E-state index contributed by atoms with van der Waals surface area (Å²) in [5.74, 6) is -0.521. The van der Waals surface area contributed by atoms with E-state index in [1.165, 1.54) is 69.8 Å². The zero-order chi connectivity index (χ0) is 21.7. The molecule has 1 heterocycles. The van der Waals surface area contributed by atoms with Crippen LogP contribution < -0.4 is 0 Å². The molecule has 30 heavy (non-hydrogen) atoms. The predicted molar refractivity (Wildman–Crippen MR) is 134 cm³/mol. The monoisotopic (exact) mass is 530 g/mol. The fourth-order valence-electron chi connectivity index (χ4n) is 4.25. The lowest BCUT2D eigenvalue weighted by Gasteiger charge is -2.26. The van der Waals surface area contributed by atoms with E-state index in [9.17, 15) is 0 Å². The second kappa shape index (κ2) is 14.8. The van der Waals surface area contributed by atoms with E-state index < -0.39 is 5.79 Å². The molecule has 1 aromatic carbocycles. The molecule has 172 valence electrons. The summed E-state index contributed by atoms with van der Waals surface area (Å²) in [5.41, 5.74) is 1.22. The smallest absolute Gasteiger partial charge is 0.163 e. The van der Waals surface area contributed by atoms with Crippen LogP contribution in [0.5, 0.6) is 0 Å². The third kappa shape index (κ3) is 9.97. The van der Waals surface area contributed by atoms with Gasteiger partial charge < -0.3 is 14.2 Å². The number of hydrogen-bond acceptors (Lipinski definition) is 3. The van der Waals surface area contributed by atoms with Crippen LogP contribution in [0.1, 0.15) is 97.0 Å². The van der Waals surface area contributed by atoms with Gasteiger partial charge in [0.15, 0.2) is 5.79 Å². The third-order valence-electron chi connectivity index (χ3n) is 5.89. The van der Waals surface area contributed by atoms with Gasteiger partial charge in [0.1, 0.15) is 6.10 Å². The first-order valence-electron chi connectivity index (χ1n) is 12.1. The Morgan fingerprint density at radius 3 is 2.10 bits per heavy atom. The topological polar surface area (TPSA) is 27.7 Å². The Balaban J connectivity index is 1.75. The van der Waals surface area contributed by atoms with Crippen molar-refractivity contribution in [3.63, 3.8) is 0 Å². The Labute approximate surface area is 198 Å². The quantitative estimate of drug-likeness (QED) is 0.124. The van der Waals surface area contributed by atoms with Crippen LogP contribution in [0.2, 0.25) is 0 Å². The molecular weight excluding hydrogens is 487 g/mol. The number of hydrogen-bond donors (Lipinski definition) is 0. The van der Waals surface area contributed by atoms with E-state index >= 15 is 0 Å². The van der Waals surface area contributed by atoms with E-state index in [0.717, 1.165) is 10.8 Å². The SMILES string of the molecule is CCCCCCCCCCCC[C@@H](OCc1ccccc1)[C@@H]1OC(C)(C)O[C@H]1CI. The summed E-state index contributed by atoms with van der Waals surface area (Å²) in [5, 5.41) is 0. The molecule has 0 amide bonds. The number of alkyl halides is 1. The van der Waals surface area contributed by atoms with Gasteiger partial charge in [-0.2, -0.15) is 0 Å². The summed E-state index contributed by atoms with van der Waals surface area (Å²) < 4.78 is 19.8. The normalized spacial score (nSPS) is 21.7. The molecule has 2 rings (SSSR count). The van der Waals surface area contributed by atoms with Crippen LogP contribution in [-0.4, -0.2) is 28.5 Å². The maximum Gasteiger partial charge on any atom is 0.163 e. The Morgan fingerprint density at radius 2 is 1.50 bits per heavy atom. The molecule has 0 saturated carbocycles. The first-order valence-corrected chi connectivity index (χ1v) is 13.7. The molecular formula is C26H43IO3. The van der Waals surface area contributed by atoms with Crippen molar-refractivity contribution in [2.45, 2.75) is 122 Å². The fraction of sp³-hybridized carbons (Fsp3) is 0.769. The molecule has 1 saturated heterocycles. The molecule has 0 spiro atoms. The predicted octanol–water partition coefficient (Wildman–Crippen LogP) is 7.84. The van der Waals surface area contributed by atoms with Gasteiger partial charge in [0.25, 0.3) is 0 Å². The van der Waals surface area contributed by atoms with Gasteiger partial charge in [-0.1, -0.05) is 124 Å².